The van der Waals surface area contributed by atoms with Crippen molar-refractivity contribution in [1.82, 2.24) is 9.97 Å². The van der Waals surface area contributed by atoms with Gasteiger partial charge in [0.25, 0.3) is 10.0 Å². The molecule has 0 aliphatic carbocycles. The number of rotatable bonds is 13. The number of benzene rings is 2. The van der Waals surface area contributed by atoms with Gasteiger partial charge in [0.05, 0.1) is 18.6 Å². The van der Waals surface area contributed by atoms with Crippen molar-refractivity contribution < 1.29 is 22.7 Å². The molecule has 0 radical (unpaired) electrons. The van der Waals surface area contributed by atoms with E-state index in [0.29, 0.717) is 23.8 Å². The molecule has 0 aliphatic rings. The third kappa shape index (κ3) is 8.09. The number of sulfonamides is 1. The first-order valence-corrected chi connectivity index (χ1v) is 13.1. The molecule has 0 aliphatic heterocycles. The first kappa shape index (κ1) is 26.7. The zero-order valence-corrected chi connectivity index (χ0v) is 21.1. The molecule has 2 N–H and O–H groups in total. The summed E-state index contributed by atoms with van der Waals surface area (Å²) in [6.07, 6.45) is 10.4. The highest BCUT2D eigenvalue weighted by molar-refractivity contribution is 7.92. The topological polar surface area (TPSA) is 120 Å². The van der Waals surface area contributed by atoms with E-state index in [1.165, 1.54) is 55.6 Å². The number of carbonyl (C=O) groups excluding carboxylic acids is 1. The Bertz CT molecular complexity index is 1260. The number of methoxy groups -OCH3 is 1. The Balaban J connectivity index is 1.56. The number of nitrogens with one attached hydrogen (secondary N) is 2. The molecule has 0 bridgehead atoms. The molecule has 36 heavy (non-hydrogen) atoms. The quantitative estimate of drug-likeness (QED) is 0.248. The van der Waals surface area contributed by atoms with Gasteiger partial charge in [-0.2, -0.15) is 0 Å². The van der Waals surface area contributed by atoms with Gasteiger partial charge < -0.3 is 14.8 Å². The van der Waals surface area contributed by atoms with E-state index < -0.39 is 10.0 Å². The minimum Gasteiger partial charge on any atom is -0.493 e. The van der Waals surface area contributed by atoms with Crippen LogP contribution in [0.25, 0.3) is 6.08 Å². The highest BCUT2D eigenvalue weighted by Gasteiger charge is 2.15. The van der Waals surface area contributed by atoms with Crippen LogP contribution in [0.4, 0.5) is 11.6 Å². The molecular formula is C26H30N4O5S. The van der Waals surface area contributed by atoms with E-state index in [0.717, 1.165) is 18.4 Å². The largest absolute Gasteiger partial charge is 0.493 e. The molecule has 9 nitrogen and oxygen atoms in total. The van der Waals surface area contributed by atoms with Gasteiger partial charge in [0.2, 0.25) is 11.9 Å². The Morgan fingerprint density at radius 1 is 1.00 bits per heavy atom. The molecule has 0 atom stereocenters. The Labute approximate surface area is 211 Å². The van der Waals surface area contributed by atoms with Crippen LogP contribution in [0.1, 0.15) is 38.2 Å². The molecule has 10 heteroatoms. The van der Waals surface area contributed by atoms with Crippen molar-refractivity contribution in [1.29, 1.82) is 0 Å². The number of hydrogen-bond donors (Lipinski definition) is 2. The number of hydrogen-bond acceptors (Lipinski definition) is 7. The average molecular weight is 511 g/mol. The van der Waals surface area contributed by atoms with Crippen molar-refractivity contribution in [3.63, 3.8) is 0 Å². The predicted molar refractivity (Wildman–Crippen MR) is 140 cm³/mol. The summed E-state index contributed by atoms with van der Waals surface area (Å²) in [5, 5.41) is 2.70. The maximum Gasteiger partial charge on any atom is 0.264 e. The lowest BCUT2D eigenvalue weighted by atomic mass is 10.2. The van der Waals surface area contributed by atoms with Gasteiger partial charge in [-0.15, -0.1) is 0 Å². The number of aromatic nitrogens is 2. The summed E-state index contributed by atoms with van der Waals surface area (Å²) in [6, 6.07) is 12.8. The third-order valence-electron chi connectivity index (χ3n) is 5.09. The van der Waals surface area contributed by atoms with Crippen molar-refractivity contribution in [2.75, 3.05) is 23.8 Å². The summed E-state index contributed by atoms with van der Waals surface area (Å²) in [5.74, 6) is 0.873. The van der Waals surface area contributed by atoms with E-state index in [2.05, 4.69) is 26.9 Å². The van der Waals surface area contributed by atoms with E-state index in [-0.39, 0.29) is 16.8 Å². The Hall–Kier alpha value is -3.92. The molecule has 3 rings (SSSR count). The van der Waals surface area contributed by atoms with Gasteiger partial charge in [0, 0.05) is 24.2 Å². The lowest BCUT2D eigenvalue weighted by Gasteiger charge is -2.11. The zero-order valence-electron chi connectivity index (χ0n) is 20.3. The maximum absolute atomic E-state index is 12.5. The van der Waals surface area contributed by atoms with Crippen molar-refractivity contribution >= 4 is 33.6 Å². The molecular weight excluding hydrogens is 480 g/mol. The lowest BCUT2D eigenvalue weighted by molar-refractivity contribution is -0.111. The molecule has 3 aromatic rings. The second kappa shape index (κ2) is 13.2. The average Bonchev–Trinajstić information content (AvgIpc) is 2.88. The first-order valence-electron chi connectivity index (χ1n) is 11.6. The van der Waals surface area contributed by atoms with Crippen LogP contribution in [0.5, 0.6) is 11.5 Å². The van der Waals surface area contributed by atoms with E-state index in [1.807, 2.05) is 12.1 Å². The molecule has 0 saturated heterocycles. The van der Waals surface area contributed by atoms with Crippen LogP contribution in [-0.4, -0.2) is 38.0 Å². The minimum atomic E-state index is -3.85. The molecule has 1 amide bonds. The molecule has 0 saturated carbocycles. The van der Waals surface area contributed by atoms with Gasteiger partial charge in [-0.1, -0.05) is 32.3 Å². The molecule has 0 unspecified atom stereocenters. The van der Waals surface area contributed by atoms with Crippen molar-refractivity contribution in [3.8, 4) is 11.5 Å². The van der Waals surface area contributed by atoms with Crippen LogP contribution >= 0.6 is 0 Å². The summed E-state index contributed by atoms with van der Waals surface area (Å²) in [7, 11) is -2.27. The first-order chi connectivity index (χ1) is 17.4. The van der Waals surface area contributed by atoms with E-state index in [9.17, 15) is 13.2 Å². The number of unbranched alkanes of at least 4 members (excludes halogenated alkanes) is 3. The van der Waals surface area contributed by atoms with Gasteiger partial charge in [0.15, 0.2) is 11.5 Å². The molecule has 0 spiro atoms. The summed E-state index contributed by atoms with van der Waals surface area (Å²) in [4.78, 5) is 20.1. The van der Waals surface area contributed by atoms with Crippen molar-refractivity contribution in [2.24, 2.45) is 0 Å². The fourth-order valence-electron chi connectivity index (χ4n) is 3.22. The van der Waals surface area contributed by atoms with Crippen LogP contribution in [0, 0.1) is 0 Å². The Morgan fingerprint density at radius 3 is 2.44 bits per heavy atom. The van der Waals surface area contributed by atoms with Crippen LogP contribution in [0.3, 0.4) is 0 Å². The highest BCUT2D eigenvalue weighted by atomic mass is 32.2. The summed E-state index contributed by atoms with van der Waals surface area (Å²) in [5.41, 5.74) is 1.22. The minimum absolute atomic E-state index is 0.0169. The standard InChI is InChI=1S/C26H30N4O5S/c1-3-4-5-6-18-35-23-14-8-20(19-24(23)34-2)9-15-25(31)29-21-10-12-22(13-11-21)36(32,33)30-26-27-16-7-17-28-26/h7-17,19H,3-6,18H2,1-2H3,(H,29,31)(H,27,28,30)/b15-9+. The second-order valence-corrected chi connectivity index (χ2v) is 9.53. The van der Waals surface area contributed by atoms with E-state index in [1.54, 1.807) is 25.3 Å². The van der Waals surface area contributed by atoms with Crippen LogP contribution in [-0.2, 0) is 14.8 Å². The van der Waals surface area contributed by atoms with Gasteiger partial charge >= 0.3 is 0 Å². The smallest absolute Gasteiger partial charge is 0.264 e. The predicted octanol–water partition coefficient (Wildman–Crippen LogP) is 4.90. The third-order valence-corrected chi connectivity index (χ3v) is 6.44. The summed E-state index contributed by atoms with van der Waals surface area (Å²) < 4.78 is 38.5. The Morgan fingerprint density at radius 2 is 1.75 bits per heavy atom. The van der Waals surface area contributed by atoms with Crippen molar-refractivity contribution in [2.45, 2.75) is 37.5 Å². The number of carbonyl (C=O) groups is 1. The van der Waals surface area contributed by atoms with Crippen LogP contribution < -0.4 is 19.5 Å². The molecule has 190 valence electrons. The van der Waals surface area contributed by atoms with Gasteiger partial charge in [-0.25, -0.2) is 23.1 Å². The number of anilines is 2. The molecule has 1 aromatic heterocycles. The van der Waals surface area contributed by atoms with Crippen LogP contribution in [0.2, 0.25) is 0 Å². The fraction of sp³-hybridized carbons (Fsp3) is 0.269. The summed E-state index contributed by atoms with van der Waals surface area (Å²) in [6.45, 7) is 2.80. The van der Waals surface area contributed by atoms with Crippen LogP contribution in [0.15, 0.2) is 71.9 Å². The number of amides is 1. The molecule has 2 aromatic carbocycles. The van der Waals surface area contributed by atoms with Gasteiger partial charge in [0.1, 0.15) is 0 Å². The molecule has 1 heterocycles. The van der Waals surface area contributed by atoms with Crippen molar-refractivity contribution in [3.05, 3.63) is 72.6 Å². The molecule has 0 fully saturated rings. The highest BCUT2D eigenvalue weighted by Crippen LogP contribution is 2.29. The van der Waals surface area contributed by atoms with E-state index >= 15 is 0 Å². The maximum atomic E-state index is 12.5. The monoisotopic (exact) mass is 510 g/mol. The second-order valence-electron chi connectivity index (χ2n) is 7.84. The fourth-order valence-corrected chi connectivity index (χ4v) is 4.18. The van der Waals surface area contributed by atoms with Gasteiger partial charge in [-0.05, 0) is 60.5 Å². The Kier molecular flexibility index (Phi) is 9.82. The number of ether oxygens (including phenoxy) is 2. The summed E-state index contributed by atoms with van der Waals surface area (Å²) >= 11 is 0. The van der Waals surface area contributed by atoms with E-state index in [4.69, 9.17) is 9.47 Å². The number of nitrogens with zero attached hydrogens (tertiary/aromatic N) is 2. The lowest BCUT2D eigenvalue weighted by Crippen LogP contribution is -2.15. The van der Waals surface area contributed by atoms with Gasteiger partial charge in [-0.3, -0.25) is 4.79 Å². The zero-order chi connectivity index (χ0) is 25.8. The normalized spacial score (nSPS) is 11.3. The SMILES string of the molecule is CCCCCCOc1ccc(/C=C/C(=O)Nc2ccc(S(=O)(=O)Nc3ncccn3)cc2)cc1OC.